The summed E-state index contributed by atoms with van der Waals surface area (Å²) in [6.07, 6.45) is 1.19. The SMILES string of the molecule is COc1ccc(C)cc1NC(=O)CCc1ccc(C(C)C)cc1. The molecule has 2 rings (SSSR count). The number of carbonyl (C=O) groups is 1. The van der Waals surface area contributed by atoms with Gasteiger partial charge in [-0.1, -0.05) is 44.2 Å². The van der Waals surface area contributed by atoms with Crippen LogP contribution in [0.3, 0.4) is 0 Å². The Morgan fingerprint density at radius 3 is 2.43 bits per heavy atom. The molecule has 1 amide bonds. The van der Waals surface area contributed by atoms with Crippen molar-refractivity contribution in [3.05, 3.63) is 59.2 Å². The molecule has 0 heterocycles. The molecule has 0 aliphatic carbocycles. The quantitative estimate of drug-likeness (QED) is 0.840. The van der Waals surface area contributed by atoms with Gasteiger partial charge in [-0.25, -0.2) is 0 Å². The summed E-state index contributed by atoms with van der Waals surface area (Å²) < 4.78 is 5.28. The van der Waals surface area contributed by atoms with E-state index in [1.54, 1.807) is 7.11 Å². The van der Waals surface area contributed by atoms with Crippen LogP contribution in [-0.4, -0.2) is 13.0 Å². The van der Waals surface area contributed by atoms with Crippen LogP contribution in [-0.2, 0) is 11.2 Å². The van der Waals surface area contributed by atoms with Gasteiger partial charge >= 0.3 is 0 Å². The molecule has 0 aliphatic rings. The molecular formula is C20H25NO2. The van der Waals surface area contributed by atoms with Crippen LogP contribution < -0.4 is 10.1 Å². The van der Waals surface area contributed by atoms with E-state index in [4.69, 9.17) is 4.74 Å². The summed E-state index contributed by atoms with van der Waals surface area (Å²) in [6.45, 7) is 6.35. The number of anilines is 1. The highest BCUT2D eigenvalue weighted by Gasteiger charge is 2.08. The number of ether oxygens (including phenoxy) is 1. The summed E-state index contributed by atoms with van der Waals surface area (Å²) in [5, 5.41) is 2.94. The Morgan fingerprint density at radius 1 is 1.13 bits per heavy atom. The molecule has 3 nitrogen and oxygen atoms in total. The summed E-state index contributed by atoms with van der Waals surface area (Å²) in [6, 6.07) is 14.3. The van der Waals surface area contributed by atoms with Gasteiger partial charge in [0.05, 0.1) is 12.8 Å². The van der Waals surface area contributed by atoms with Crippen molar-refractivity contribution in [1.29, 1.82) is 0 Å². The summed E-state index contributed by atoms with van der Waals surface area (Å²) in [4.78, 5) is 12.2. The van der Waals surface area contributed by atoms with Crippen LogP contribution in [0.1, 0.15) is 42.9 Å². The number of methoxy groups -OCH3 is 1. The first-order valence-corrected chi connectivity index (χ1v) is 8.03. The second kappa shape index (κ2) is 7.82. The lowest BCUT2D eigenvalue weighted by atomic mass is 10.0. The number of amides is 1. The molecule has 0 unspecified atom stereocenters. The van der Waals surface area contributed by atoms with E-state index in [2.05, 4.69) is 43.4 Å². The van der Waals surface area contributed by atoms with Gasteiger partial charge < -0.3 is 10.1 Å². The third-order valence-corrected chi connectivity index (χ3v) is 3.92. The molecule has 0 saturated heterocycles. The Hall–Kier alpha value is -2.29. The zero-order valence-electron chi connectivity index (χ0n) is 14.3. The number of aryl methyl sites for hydroxylation is 2. The smallest absolute Gasteiger partial charge is 0.224 e. The van der Waals surface area contributed by atoms with Crippen molar-refractivity contribution in [3.8, 4) is 5.75 Å². The van der Waals surface area contributed by atoms with Crippen LogP contribution in [0.4, 0.5) is 5.69 Å². The maximum absolute atomic E-state index is 12.2. The van der Waals surface area contributed by atoms with Gasteiger partial charge in [0.2, 0.25) is 5.91 Å². The second-order valence-corrected chi connectivity index (χ2v) is 6.15. The maximum Gasteiger partial charge on any atom is 0.224 e. The molecule has 1 N–H and O–H groups in total. The zero-order chi connectivity index (χ0) is 16.8. The first kappa shape index (κ1) is 17.1. The van der Waals surface area contributed by atoms with Gasteiger partial charge in [-0.05, 0) is 48.1 Å². The minimum atomic E-state index is 0.00170. The zero-order valence-corrected chi connectivity index (χ0v) is 14.3. The molecule has 0 aliphatic heterocycles. The minimum absolute atomic E-state index is 0.00170. The molecule has 0 atom stereocenters. The predicted octanol–water partition coefficient (Wildman–Crippen LogP) is 4.70. The van der Waals surface area contributed by atoms with Crippen molar-refractivity contribution in [2.24, 2.45) is 0 Å². The van der Waals surface area contributed by atoms with Gasteiger partial charge in [0.25, 0.3) is 0 Å². The Morgan fingerprint density at radius 2 is 1.83 bits per heavy atom. The summed E-state index contributed by atoms with van der Waals surface area (Å²) in [5.41, 5.74) is 4.32. The van der Waals surface area contributed by atoms with Crippen molar-refractivity contribution in [2.75, 3.05) is 12.4 Å². The summed E-state index contributed by atoms with van der Waals surface area (Å²) >= 11 is 0. The average Bonchev–Trinajstić information content (AvgIpc) is 2.53. The Bertz CT molecular complexity index is 660. The second-order valence-electron chi connectivity index (χ2n) is 6.15. The lowest BCUT2D eigenvalue weighted by Gasteiger charge is -2.11. The van der Waals surface area contributed by atoms with Crippen LogP contribution >= 0.6 is 0 Å². The topological polar surface area (TPSA) is 38.3 Å². The number of rotatable bonds is 6. The van der Waals surface area contributed by atoms with E-state index in [0.717, 1.165) is 17.7 Å². The van der Waals surface area contributed by atoms with Crippen molar-refractivity contribution >= 4 is 11.6 Å². The van der Waals surface area contributed by atoms with Gasteiger partial charge in [0.1, 0.15) is 5.75 Å². The van der Waals surface area contributed by atoms with E-state index in [0.29, 0.717) is 18.1 Å². The van der Waals surface area contributed by atoms with E-state index < -0.39 is 0 Å². The average molecular weight is 311 g/mol. The van der Waals surface area contributed by atoms with Gasteiger partial charge in [0.15, 0.2) is 0 Å². The molecule has 0 radical (unpaired) electrons. The fraction of sp³-hybridized carbons (Fsp3) is 0.350. The normalized spacial score (nSPS) is 10.7. The lowest BCUT2D eigenvalue weighted by Crippen LogP contribution is -2.13. The highest BCUT2D eigenvalue weighted by Crippen LogP contribution is 2.25. The third kappa shape index (κ3) is 4.85. The number of carbonyl (C=O) groups excluding carboxylic acids is 1. The standard InChI is InChI=1S/C20H25NO2/c1-14(2)17-9-6-16(7-10-17)8-12-20(22)21-18-13-15(3)5-11-19(18)23-4/h5-7,9-11,13-14H,8,12H2,1-4H3,(H,21,22). The van der Waals surface area contributed by atoms with Crippen LogP contribution in [0, 0.1) is 6.92 Å². The predicted molar refractivity (Wildman–Crippen MR) is 95.2 cm³/mol. The Labute approximate surface area is 138 Å². The van der Waals surface area contributed by atoms with E-state index in [-0.39, 0.29) is 5.91 Å². The Kier molecular flexibility index (Phi) is 5.80. The van der Waals surface area contributed by atoms with Crippen molar-refractivity contribution < 1.29 is 9.53 Å². The highest BCUT2D eigenvalue weighted by atomic mass is 16.5. The maximum atomic E-state index is 12.2. The molecule has 2 aromatic rings. The van der Waals surface area contributed by atoms with E-state index in [9.17, 15) is 4.79 Å². The minimum Gasteiger partial charge on any atom is -0.495 e. The van der Waals surface area contributed by atoms with Gasteiger partial charge in [-0.15, -0.1) is 0 Å². The molecule has 23 heavy (non-hydrogen) atoms. The lowest BCUT2D eigenvalue weighted by molar-refractivity contribution is -0.116. The monoisotopic (exact) mass is 311 g/mol. The molecule has 0 fully saturated rings. The Balaban J connectivity index is 1.94. The first-order chi connectivity index (χ1) is 11.0. The van der Waals surface area contributed by atoms with Crippen LogP contribution in [0.5, 0.6) is 5.75 Å². The summed E-state index contributed by atoms with van der Waals surface area (Å²) in [7, 11) is 1.61. The molecular weight excluding hydrogens is 286 g/mol. The molecule has 2 aromatic carbocycles. The van der Waals surface area contributed by atoms with Crippen LogP contribution in [0.15, 0.2) is 42.5 Å². The molecule has 0 bridgehead atoms. The summed E-state index contributed by atoms with van der Waals surface area (Å²) in [5.74, 6) is 1.22. The molecule has 0 saturated carbocycles. The largest absolute Gasteiger partial charge is 0.495 e. The molecule has 0 aromatic heterocycles. The van der Waals surface area contributed by atoms with Crippen LogP contribution in [0.2, 0.25) is 0 Å². The fourth-order valence-corrected chi connectivity index (χ4v) is 2.46. The first-order valence-electron chi connectivity index (χ1n) is 8.03. The highest BCUT2D eigenvalue weighted by molar-refractivity contribution is 5.92. The van der Waals surface area contributed by atoms with Gasteiger partial charge in [-0.2, -0.15) is 0 Å². The molecule has 0 spiro atoms. The number of hydrogen-bond acceptors (Lipinski definition) is 2. The fourth-order valence-electron chi connectivity index (χ4n) is 2.46. The third-order valence-electron chi connectivity index (χ3n) is 3.92. The van der Waals surface area contributed by atoms with Crippen molar-refractivity contribution in [3.63, 3.8) is 0 Å². The number of hydrogen-bond donors (Lipinski definition) is 1. The molecule has 3 heteroatoms. The van der Waals surface area contributed by atoms with Crippen LogP contribution in [0.25, 0.3) is 0 Å². The van der Waals surface area contributed by atoms with Gasteiger partial charge in [0, 0.05) is 6.42 Å². The van der Waals surface area contributed by atoms with Crippen molar-refractivity contribution in [1.82, 2.24) is 0 Å². The van der Waals surface area contributed by atoms with Crippen molar-refractivity contribution in [2.45, 2.75) is 39.5 Å². The van der Waals surface area contributed by atoms with E-state index in [1.165, 1.54) is 11.1 Å². The number of benzene rings is 2. The van der Waals surface area contributed by atoms with E-state index in [1.807, 2.05) is 25.1 Å². The van der Waals surface area contributed by atoms with E-state index >= 15 is 0 Å². The molecule has 122 valence electrons. The number of nitrogens with one attached hydrogen (secondary N) is 1. The van der Waals surface area contributed by atoms with Gasteiger partial charge in [-0.3, -0.25) is 4.79 Å².